The zero-order valence-electron chi connectivity index (χ0n) is 12.6. The Bertz CT molecular complexity index is 456. The first kappa shape index (κ1) is 16.2. The summed E-state index contributed by atoms with van der Waals surface area (Å²) in [6.45, 7) is 3.21. The number of rotatable bonds is 6. The lowest BCUT2D eigenvalue weighted by molar-refractivity contribution is -0.121. The van der Waals surface area contributed by atoms with Crippen LogP contribution in [0.5, 0.6) is 5.75 Å². The smallest absolute Gasteiger partial charge is 0.223 e. The number of alkyl halides is 1. The van der Waals surface area contributed by atoms with Crippen molar-refractivity contribution >= 4 is 17.5 Å². The second kappa shape index (κ2) is 8.28. The molecule has 1 fully saturated rings. The second-order valence-electron chi connectivity index (χ2n) is 5.84. The monoisotopic (exact) mass is 309 g/mol. The Morgan fingerprint density at radius 2 is 2.10 bits per heavy atom. The summed E-state index contributed by atoms with van der Waals surface area (Å²) in [6.07, 6.45) is 4.78. The molecular weight excluding hydrogens is 286 g/mol. The fourth-order valence-corrected chi connectivity index (χ4v) is 2.89. The highest BCUT2D eigenvalue weighted by molar-refractivity contribution is 6.20. The summed E-state index contributed by atoms with van der Waals surface area (Å²) in [5.74, 6) is 1.47. The molecule has 0 spiro atoms. The minimum Gasteiger partial charge on any atom is -0.493 e. The number of hydrogen-bond acceptors (Lipinski definition) is 2. The number of amides is 1. The van der Waals surface area contributed by atoms with E-state index in [4.69, 9.17) is 16.3 Å². The molecular formula is C17H24ClNO2. The van der Waals surface area contributed by atoms with E-state index in [0.717, 1.165) is 43.5 Å². The number of benzene rings is 1. The molecule has 1 aliphatic carbocycles. The minimum absolute atomic E-state index is 0.0654. The van der Waals surface area contributed by atoms with Gasteiger partial charge in [-0.2, -0.15) is 0 Å². The van der Waals surface area contributed by atoms with Crippen molar-refractivity contribution in [2.75, 3.05) is 13.2 Å². The fourth-order valence-electron chi connectivity index (χ4n) is 2.64. The lowest BCUT2D eigenvalue weighted by Gasteiger charge is -2.25. The second-order valence-corrected chi connectivity index (χ2v) is 6.45. The van der Waals surface area contributed by atoms with Crippen molar-refractivity contribution in [3.8, 4) is 5.75 Å². The molecule has 2 rings (SSSR count). The quantitative estimate of drug-likeness (QED) is 0.814. The number of carbonyl (C=O) groups excluding carboxylic acids is 1. The van der Waals surface area contributed by atoms with Gasteiger partial charge in [0.05, 0.1) is 13.0 Å². The summed E-state index contributed by atoms with van der Waals surface area (Å²) in [7, 11) is 0. The minimum atomic E-state index is 0.0654. The van der Waals surface area contributed by atoms with Crippen LogP contribution in [0.3, 0.4) is 0 Å². The number of aryl methyl sites for hydroxylation is 1. The van der Waals surface area contributed by atoms with E-state index < -0.39 is 0 Å². The lowest BCUT2D eigenvalue weighted by atomic mass is 9.89. The molecule has 3 nitrogen and oxygen atoms in total. The van der Waals surface area contributed by atoms with E-state index in [2.05, 4.69) is 5.32 Å². The molecule has 0 aliphatic heterocycles. The van der Waals surface area contributed by atoms with Gasteiger partial charge in [0, 0.05) is 11.9 Å². The molecule has 0 radical (unpaired) electrons. The van der Waals surface area contributed by atoms with Crippen LogP contribution in [0.15, 0.2) is 24.3 Å². The van der Waals surface area contributed by atoms with Crippen molar-refractivity contribution in [3.63, 3.8) is 0 Å². The average Bonchev–Trinajstić information content (AvgIpc) is 2.47. The van der Waals surface area contributed by atoms with E-state index in [0.29, 0.717) is 24.3 Å². The molecule has 0 atom stereocenters. The first-order chi connectivity index (χ1) is 10.1. The maximum Gasteiger partial charge on any atom is 0.223 e. The molecule has 0 heterocycles. The van der Waals surface area contributed by atoms with Gasteiger partial charge in [-0.3, -0.25) is 4.79 Å². The molecule has 21 heavy (non-hydrogen) atoms. The van der Waals surface area contributed by atoms with Crippen LogP contribution in [-0.4, -0.2) is 24.4 Å². The molecule has 1 amide bonds. The number of ether oxygens (including phenoxy) is 1. The first-order valence-corrected chi connectivity index (χ1v) is 8.17. The number of nitrogens with one attached hydrogen (secondary N) is 1. The van der Waals surface area contributed by atoms with E-state index in [1.807, 2.05) is 31.2 Å². The van der Waals surface area contributed by atoms with E-state index in [9.17, 15) is 4.79 Å². The summed E-state index contributed by atoms with van der Waals surface area (Å²) >= 11 is 6.08. The molecule has 0 saturated heterocycles. The van der Waals surface area contributed by atoms with Crippen LogP contribution in [0.25, 0.3) is 0 Å². The van der Waals surface area contributed by atoms with Crippen molar-refractivity contribution in [1.82, 2.24) is 5.32 Å². The van der Waals surface area contributed by atoms with Crippen LogP contribution in [-0.2, 0) is 4.79 Å². The van der Waals surface area contributed by atoms with E-state index in [1.165, 1.54) is 0 Å². The third kappa shape index (κ3) is 5.96. The van der Waals surface area contributed by atoms with Gasteiger partial charge in [0.1, 0.15) is 5.75 Å². The normalized spacial score (nSPS) is 21.8. The predicted molar refractivity (Wildman–Crippen MR) is 85.9 cm³/mol. The van der Waals surface area contributed by atoms with Crippen LogP contribution in [0, 0.1) is 12.8 Å². The van der Waals surface area contributed by atoms with Gasteiger partial charge >= 0.3 is 0 Å². The summed E-state index contributed by atoms with van der Waals surface area (Å²) in [5.41, 5.74) is 1.16. The number of carbonyl (C=O) groups is 1. The fraction of sp³-hybridized carbons (Fsp3) is 0.588. The van der Waals surface area contributed by atoms with Crippen molar-refractivity contribution < 1.29 is 9.53 Å². The van der Waals surface area contributed by atoms with Crippen LogP contribution < -0.4 is 10.1 Å². The average molecular weight is 310 g/mol. The summed E-state index contributed by atoms with van der Waals surface area (Å²) < 4.78 is 5.59. The molecule has 1 N–H and O–H groups in total. The Morgan fingerprint density at radius 3 is 2.81 bits per heavy atom. The van der Waals surface area contributed by atoms with Crippen LogP contribution in [0.4, 0.5) is 0 Å². The van der Waals surface area contributed by atoms with Crippen molar-refractivity contribution in [2.45, 2.75) is 44.4 Å². The highest BCUT2D eigenvalue weighted by Gasteiger charge is 2.19. The third-order valence-electron chi connectivity index (χ3n) is 3.95. The van der Waals surface area contributed by atoms with Gasteiger partial charge in [-0.05, 0) is 56.2 Å². The topological polar surface area (TPSA) is 38.3 Å². The Balaban J connectivity index is 1.59. The van der Waals surface area contributed by atoms with Gasteiger partial charge < -0.3 is 10.1 Å². The van der Waals surface area contributed by atoms with E-state index in [1.54, 1.807) is 0 Å². The molecule has 0 aromatic heterocycles. The zero-order valence-corrected chi connectivity index (χ0v) is 13.4. The van der Waals surface area contributed by atoms with Gasteiger partial charge in [0.15, 0.2) is 0 Å². The van der Waals surface area contributed by atoms with Crippen molar-refractivity contribution in [3.05, 3.63) is 29.8 Å². The molecule has 116 valence electrons. The standard InChI is InChI=1S/C17H24ClNO2/c1-13-3-2-4-16(11-13)21-10-9-17(20)19-12-14-5-7-15(18)8-6-14/h2-4,11,14-15H,5-10,12H2,1H3,(H,19,20). The van der Waals surface area contributed by atoms with Crippen LogP contribution in [0.1, 0.15) is 37.7 Å². The maximum atomic E-state index is 11.8. The molecule has 1 saturated carbocycles. The van der Waals surface area contributed by atoms with Gasteiger partial charge in [-0.15, -0.1) is 11.6 Å². The highest BCUT2D eigenvalue weighted by Crippen LogP contribution is 2.26. The van der Waals surface area contributed by atoms with Gasteiger partial charge in [-0.1, -0.05) is 12.1 Å². The van der Waals surface area contributed by atoms with E-state index in [-0.39, 0.29) is 5.91 Å². The predicted octanol–water partition coefficient (Wildman–Crippen LogP) is 3.68. The van der Waals surface area contributed by atoms with Crippen molar-refractivity contribution in [2.24, 2.45) is 5.92 Å². The lowest BCUT2D eigenvalue weighted by Crippen LogP contribution is -2.32. The van der Waals surface area contributed by atoms with E-state index >= 15 is 0 Å². The largest absolute Gasteiger partial charge is 0.493 e. The van der Waals surface area contributed by atoms with Gasteiger partial charge in [0.25, 0.3) is 0 Å². The molecule has 1 aromatic carbocycles. The zero-order chi connectivity index (χ0) is 15.1. The SMILES string of the molecule is Cc1cccc(OCCC(=O)NCC2CCC(Cl)CC2)c1. The molecule has 1 aliphatic rings. The molecule has 0 unspecified atom stereocenters. The molecule has 0 bridgehead atoms. The Labute approximate surface area is 132 Å². The van der Waals surface area contributed by atoms with Gasteiger partial charge in [-0.25, -0.2) is 0 Å². The summed E-state index contributed by atoms with van der Waals surface area (Å²) in [5, 5.41) is 3.34. The Hall–Kier alpha value is -1.22. The third-order valence-corrected chi connectivity index (χ3v) is 4.39. The molecule has 1 aromatic rings. The van der Waals surface area contributed by atoms with Crippen molar-refractivity contribution in [1.29, 1.82) is 0 Å². The van der Waals surface area contributed by atoms with Crippen LogP contribution >= 0.6 is 11.6 Å². The van der Waals surface area contributed by atoms with Gasteiger partial charge in [0.2, 0.25) is 5.91 Å². The number of hydrogen-bond donors (Lipinski definition) is 1. The Morgan fingerprint density at radius 1 is 1.33 bits per heavy atom. The summed E-state index contributed by atoms with van der Waals surface area (Å²) in [4.78, 5) is 11.8. The first-order valence-electron chi connectivity index (χ1n) is 7.73. The number of halogens is 1. The summed E-state index contributed by atoms with van der Waals surface area (Å²) in [6, 6.07) is 7.87. The maximum absolute atomic E-state index is 11.8. The Kier molecular flexibility index (Phi) is 6.37. The van der Waals surface area contributed by atoms with Crippen LogP contribution in [0.2, 0.25) is 0 Å². The highest BCUT2D eigenvalue weighted by atomic mass is 35.5. The molecule has 4 heteroatoms.